The molecule has 4 heterocycles. The topological polar surface area (TPSA) is 55.4 Å². The zero-order chi connectivity index (χ0) is 22.2. The third-order valence-corrected chi connectivity index (χ3v) is 8.45. The van der Waals surface area contributed by atoms with Gasteiger partial charge in [0.2, 0.25) is 5.78 Å². The van der Waals surface area contributed by atoms with Crippen LogP contribution in [-0.4, -0.2) is 43.4 Å². The number of nitrogens with zero attached hydrogens (tertiary/aromatic N) is 5. The van der Waals surface area contributed by atoms with Crippen molar-refractivity contribution in [3.8, 4) is 5.69 Å². The molecule has 0 N–H and O–H groups in total. The molecular formula is C23H26ClN5OS2. The first-order valence-corrected chi connectivity index (χ1v) is 13.3. The molecular weight excluding hydrogens is 462 g/mol. The summed E-state index contributed by atoms with van der Waals surface area (Å²) in [5, 5.41) is 11.3. The Bertz CT molecular complexity index is 1320. The lowest BCUT2D eigenvalue weighted by molar-refractivity contribution is 0.318. The van der Waals surface area contributed by atoms with Gasteiger partial charge >= 0.3 is 0 Å². The zero-order valence-electron chi connectivity index (χ0n) is 18.3. The summed E-state index contributed by atoms with van der Waals surface area (Å²) in [5.74, 6) is 1.56. The Kier molecular flexibility index (Phi) is 6.29. The fourth-order valence-corrected chi connectivity index (χ4v) is 6.82. The first-order valence-electron chi connectivity index (χ1n) is 11.1. The molecule has 4 aromatic rings. The Balaban J connectivity index is 1.71. The van der Waals surface area contributed by atoms with Crippen molar-refractivity contribution < 1.29 is 0 Å². The number of fused-ring (bicyclic) bond motifs is 5. The minimum Gasteiger partial charge on any atom is -0.301 e. The highest BCUT2D eigenvalue weighted by Crippen LogP contribution is 2.35. The SMILES string of the molecule is CCCCCCSc1nnc2n(-c3ccc(Cl)cc3)c(=O)c3c4c(sc3n12)CN(C)CC4. The fraction of sp³-hybridized carbons (Fsp3) is 0.435. The molecule has 1 aliphatic heterocycles. The van der Waals surface area contributed by atoms with Crippen molar-refractivity contribution in [1.82, 2.24) is 24.1 Å². The molecule has 1 aromatic carbocycles. The molecule has 6 nitrogen and oxygen atoms in total. The number of unbranched alkanes of at least 4 members (excludes halogenated alkanes) is 3. The van der Waals surface area contributed by atoms with Gasteiger partial charge in [-0.15, -0.1) is 21.5 Å². The van der Waals surface area contributed by atoms with Crippen molar-refractivity contribution >= 4 is 50.7 Å². The van der Waals surface area contributed by atoms with E-state index in [-0.39, 0.29) is 5.56 Å². The van der Waals surface area contributed by atoms with Crippen LogP contribution in [0, 0.1) is 0 Å². The normalized spacial score (nSPS) is 14.5. The zero-order valence-corrected chi connectivity index (χ0v) is 20.7. The van der Waals surface area contributed by atoms with E-state index >= 15 is 0 Å². The second-order valence-corrected chi connectivity index (χ2v) is 10.9. The van der Waals surface area contributed by atoms with Gasteiger partial charge in [0.05, 0.1) is 11.1 Å². The van der Waals surface area contributed by atoms with E-state index in [1.807, 2.05) is 24.3 Å². The Labute approximate surface area is 200 Å². The first kappa shape index (κ1) is 21.9. The summed E-state index contributed by atoms with van der Waals surface area (Å²) in [6, 6.07) is 7.35. The summed E-state index contributed by atoms with van der Waals surface area (Å²) in [7, 11) is 2.13. The number of aromatic nitrogens is 4. The van der Waals surface area contributed by atoms with E-state index in [2.05, 4.69) is 33.5 Å². The lowest BCUT2D eigenvalue weighted by atomic mass is 10.1. The lowest BCUT2D eigenvalue weighted by Gasteiger charge is -2.21. The highest BCUT2D eigenvalue weighted by molar-refractivity contribution is 7.99. The van der Waals surface area contributed by atoms with Crippen molar-refractivity contribution in [3.63, 3.8) is 0 Å². The van der Waals surface area contributed by atoms with Crippen LogP contribution >= 0.6 is 34.7 Å². The van der Waals surface area contributed by atoms with Crippen molar-refractivity contribution in [2.45, 2.75) is 50.7 Å². The number of benzene rings is 1. The fourth-order valence-electron chi connectivity index (χ4n) is 4.29. The molecule has 32 heavy (non-hydrogen) atoms. The monoisotopic (exact) mass is 487 g/mol. The van der Waals surface area contributed by atoms with Crippen molar-refractivity contribution in [2.75, 3.05) is 19.3 Å². The molecule has 0 fully saturated rings. The summed E-state index contributed by atoms with van der Waals surface area (Å²) in [6.07, 6.45) is 5.74. The van der Waals surface area contributed by atoms with Crippen LogP contribution < -0.4 is 5.56 Å². The highest BCUT2D eigenvalue weighted by atomic mass is 35.5. The quantitative estimate of drug-likeness (QED) is 0.258. The van der Waals surface area contributed by atoms with Crippen molar-refractivity contribution in [2.24, 2.45) is 0 Å². The molecule has 0 saturated carbocycles. The van der Waals surface area contributed by atoms with Gasteiger partial charge in [-0.25, -0.2) is 8.97 Å². The van der Waals surface area contributed by atoms with Gasteiger partial charge in [0.15, 0.2) is 5.16 Å². The summed E-state index contributed by atoms with van der Waals surface area (Å²) < 4.78 is 3.79. The van der Waals surface area contributed by atoms with Crippen LogP contribution in [0.5, 0.6) is 0 Å². The standard InChI is InChI=1S/C23H26ClN5OS2/c1-3-4-5-6-13-31-23-26-25-22-28(16-9-7-15(24)8-10-16)20(30)19-17-11-12-27(2)14-18(17)32-21(19)29(22)23/h7-10H,3-6,11-14H2,1-2H3. The second kappa shape index (κ2) is 9.17. The van der Waals surface area contributed by atoms with Crippen LogP contribution in [0.25, 0.3) is 21.7 Å². The maximum Gasteiger partial charge on any atom is 0.268 e. The van der Waals surface area contributed by atoms with Gasteiger partial charge in [-0.2, -0.15) is 0 Å². The summed E-state index contributed by atoms with van der Waals surface area (Å²) in [6.45, 7) is 4.05. The van der Waals surface area contributed by atoms with Gasteiger partial charge in [-0.3, -0.25) is 4.79 Å². The van der Waals surface area contributed by atoms with E-state index in [0.29, 0.717) is 10.8 Å². The minimum absolute atomic E-state index is 0.0243. The maximum absolute atomic E-state index is 13.8. The molecule has 0 spiro atoms. The predicted octanol–water partition coefficient (Wildman–Crippen LogP) is 5.41. The Morgan fingerprint density at radius 2 is 1.97 bits per heavy atom. The average molecular weight is 488 g/mol. The Morgan fingerprint density at radius 3 is 2.75 bits per heavy atom. The molecule has 1 aliphatic rings. The summed E-state index contributed by atoms with van der Waals surface area (Å²) in [4.78, 5) is 18.4. The maximum atomic E-state index is 13.8. The largest absolute Gasteiger partial charge is 0.301 e. The van der Waals surface area contributed by atoms with Crippen LogP contribution in [0.4, 0.5) is 0 Å². The number of likely N-dealkylation sites (N-methyl/N-ethyl adjacent to an activating group) is 1. The van der Waals surface area contributed by atoms with E-state index in [1.54, 1.807) is 27.7 Å². The van der Waals surface area contributed by atoms with Gasteiger partial charge in [-0.05, 0) is 49.7 Å². The molecule has 0 atom stereocenters. The average Bonchev–Trinajstić information content (AvgIpc) is 3.36. The molecule has 168 valence electrons. The van der Waals surface area contributed by atoms with Crippen LogP contribution in [0.1, 0.15) is 43.0 Å². The number of thiophene rings is 1. The van der Waals surface area contributed by atoms with Gasteiger partial charge in [0.1, 0.15) is 4.83 Å². The number of hydrogen-bond donors (Lipinski definition) is 0. The number of halogens is 1. The minimum atomic E-state index is -0.0243. The van der Waals surface area contributed by atoms with Crippen LogP contribution in [-0.2, 0) is 13.0 Å². The third-order valence-electron chi connectivity index (χ3n) is 5.98. The molecule has 0 aliphatic carbocycles. The van der Waals surface area contributed by atoms with Gasteiger partial charge in [0.25, 0.3) is 5.56 Å². The van der Waals surface area contributed by atoms with Gasteiger partial charge in [-0.1, -0.05) is 49.5 Å². The van der Waals surface area contributed by atoms with Crippen molar-refractivity contribution in [3.05, 3.63) is 50.1 Å². The van der Waals surface area contributed by atoms with Gasteiger partial charge in [0, 0.05) is 28.7 Å². The van der Waals surface area contributed by atoms with E-state index in [4.69, 9.17) is 11.6 Å². The number of rotatable bonds is 7. The van der Waals surface area contributed by atoms with Crippen LogP contribution in [0.3, 0.4) is 0 Å². The predicted molar refractivity (Wildman–Crippen MR) is 134 cm³/mol. The molecule has 3 aromatic heterocycles. The van der Waals surface area contributed by atoms with E-state index in [9.17, 15) is 4.79 Å². The highest BCUT2D eigenvalue weighted by Gasteiger charge is 2.26. The van der Waals surface area contributed by atoms with E-state index in [1.165, 1.54) is 29.7 Å². The number of thioether (sulfide) groups is 1. The van der Waals surface area contributed by atoms with Crippen LogP contribution in [0.2, 0.25) is 5.02 Å². The summed E-state index contributed by atoms with van der Waals surface area (Å²) >= 11 is 9.56. The van der Waals surface area contributed by atoms with Crippen LogP contribution in [0.15, 0.2) is 34.2 Å². The van der Waals surface area contributed by atoms with E-state index < -0.39 is 0 Å². The first-order chi connectivity index (χ1) is 15.6. The number of hydrogen-bond acceptors (Lipinski definition) is 6. The Morgan fingerprint density at radius 1 is 1.16 bits per heavy atom. The molecule has 9 heteroatoms. The van der Waals surface area contributed by atoms with Gasteiger partial charge < -0.3 is 4.90 Å². The third kappa shape index (κ3) is 3.87. The lowest BCUT2D eigenvalue weighted by Crippen LogP contribution is -2.27. The molecule has 0 radical (unpaired) electrons. The molecule has 5 rings (SSSR count). The van der Waals surface area contributed by atoms with E-state index in [0.717, 1.165) is 52.7 Å². The second-order valence-electron chi connectivity index (χ2n) is 8.32. The molecule has 0 unspecified atom stereocenters. The summed E-state index contributed by atoms with van der Waals surface area (Å²) in [5.41, 5.74) is 1.92. The molecule has 0 amide bonds. The Hall–Kier alpha value is -1.87. The molecule has 0 bridgehead atoms. The smallest absolute Gasteiger partial charge is 0.268 e. The molecule has 0 saturated heterocycles. The van der Waals surface area contributed by atoms with Crippen molar-refractivity contribution in [1.29, 1.82) is 0 Å².